The second-order valence-electron chi connectivity index (χ2n) is 8.25. The summed E-state index contributed by atoms with van der Waals surface area (Å²) in [6.07, 6.45) is 0. The van der Waals surface area contributed by atoms with E-state index in [0.717, 1.165) is 10.8 Å². The van der Waals surface area contributed by atoms with Crippen LogP contribution in [0.3, 0.4) is 0 Å². The molecule has 0 spiro atoms. The predicted molar refractivity (Wildman–Crippen MR) is 110 cm³/mol. The molecular weight excluding hydrogens is 354 g/mol. The third-order valence-corrected chi connectivity index (χ3v) is 4.69. The average molecular weight is 383 g/mol. The molecular formula is C22H29N3O3. The molecule has 0 atom stereocenters. The molecule has 6 nitrogen and oxygen atoms in total. The second kappa shape index (κ2) is 8.61. The van der Waals surface area contributed by atoms with E-state index in [9.17, 15) is 9.59 Å². The molecule has 0 aromatic heterocycles. The first-order valence-corrected chi connectivity index (χ1v) is 9.73. The van der Waals surface area contributed by atoms with E-state index in [1.54, 1.807) is 4.90 Å². The lowest BCUT2D eigenvalue weighted by Gasteiger charge is -2.34. The summed E-state index contributed by atoms with van der Waals surface area (Å²) in [6.45, 7) is 8.92. The smallest absolute Gasteiger partial charge is 0.260 e. The number of nitrogens with one attached hydrogen (secondary N) is 1. The third-order valence-electron chi connectivity index (χ3n) is 4.69. The van der Waals surface area contributed by atoms with E-state index in [0.29, 0.717) is 38.5 Å². The Balaban J connectivity index is 1.44. The number of rotatable bonds is 5. The van der Waals surface area contributed by atoms with Crippen molar-refractivity contribution in [3.05, 3.63) is 42.5 Å². The highest BCUT2D eigenvalue weighted by Crippen LogP contribution is 2.20. The van der Waals surface area contributed by atoms with Crippen molar-refractivity contribution in [1.82, 2.24) is 15.1 Å². The summed E-state index contributed by atoms with van der Waals surface area (Å²) in [4.78, 5) is 28.4. The van der Waals surface area contributed by atoms with Crippen LogP contribution in [-0.2, 0) is 9.59 Å². The molecule has 0 radical (unpaired) electrons. The summed E-state index contributed by atoms with van der Waals surface area (Å²) in [6, 6.07) is 13.9. The zero-order valence-corrected chi connectivity index (χ0v) is 16.9. The predicted octanol–water partition coefficient (Wildman–Crippen LogP) is 2.28. The monoisotopic (exact) mass is 383 g/mol. The molecule has 150 valence electrons. The fourth-order valence-electron chi connectivity index (χ4n) is 3.31. The molecule has 1 saturated heterocycles. The first kappa shape index (κ1) is 20.1. The summed E-state index contributed by atoms with van der Waals surface area (Å²) < 4.78 is 5.71. The van der Waals surface area contributed by atoms with E-state index in [-0.39, 0.29) is 24.0 Å². The van der Waals surface area contributed by atoms with Crippen molar-refractivity contribution in [1.29, 1.82) is 0 Å². The molecule has 6 heteroatoms. The molecule has 0 unspecified atom stereocenters. The molecule has 0 saturated carbocycles. The van der Waals surface area contributed by atoms with E-state index in [1.165, 1.54) is 0 Å². The Labute approximate surface area is 166 Å². The molecule has 28 heavy (non-hydrogen) atoms. The van der Waals surface area contributed by atoms with Gasteiger partial charge in [-0.1, -0.05) is 30.3 Å². The average Bonchev–Trinajstić information content (AvgIpc) is 2.65. The lowest BCUT2D eigenvalue weighted by molar-refractivity contribution is -0.135. The van der Waals surface area contributed by atoms with Gasteiger partial charge < -0.3 is 15.0 Å². The van der Waals surface area contributed by atoms with Gasteiger partial charge in [-0.05, 0) is 43.7 Å². The maximum Gasteiger partial charge on any atom is 0.260 e. The summed E-state index contributed by atoms with van der Waals surface area (Å²) in [7, 11) is 0. The number of piperazine rings is 1. The number of carbonyl (C=O) groups excluding carboxylic acids is 2. The minimum Gasteiger partial charge on any atom is -0.484 e. The highest BCUT2D eigenvalue weighted by molar-refractivity contribution is 5.84. The molecule has 1 heterocycles. The van der Waals surface area contributed by atoms with Crippen LogP contribution in [0.15, 0.2) is 42.5 Å². The highest BCUT2D eigenvalue weighted by atomic mass is 16.5. The van der Waals surface area contributed by atoms with E-state index in [1.807, 2.05) is 63.2 Å². The number of ether oxygens (including phenoxy) is 1. The number of hydrogen-bond donors (Lipinski definition) is 1. The number of amides is 2. The maximum atomic E-state index is 12.5. The minimum absolute atomic E-state index is 0.0203. The minimum atomic E-state index is -0.227. The zero-order chi connectivity index (χ0) is 20.1. The number of fused-ring (bicyclic) bond motifs is 1. The lowest BCUT2D eigenvalue weighted by Crippen LogP contribution is -2.53. The van der Waals surface area contributed by atoms with Crippen molar-refractivity contribution >= 4 is 22.6 Å². The van der Waals surface area contributed by atoms with Gasteiger partial charge in [0.1, 0.15) is 5.75 Å². The summed E-state index contributed by atoms with van der Waals surface area (Å²) >= 11 is 0. The SMILES string of the molecule is CC(C)(C)NC(=O)CN1CCN(C(=O)COc2ccc3ccccc3c2)CC1. The van der Waals surface area contributed by atoms with Crippen molar-refractivity contribution in [2.75, 3.05) is 39.3 Å². The molecule has 0 aliphatic carbocycles. The van der Waals surface area contributed by atoms with Gasteiger partial charge in [0.2, 0.25) is 5.91 Å². The molecule has 0 bridgehead atoms. The summed E-state index contributed by atoms with van der Waals surface area (Å²) in [5.74, 6) is 0.698. The fourth-order valence-corrected chi connectivity index (χ4v) is 3.31. The number of hydrogen-bond acceptors (Lipinski definition) is 4. The molecule has 1 fully saturated rings. The van der Waals surface area contributed by atoms with Crippen LogP contribution in [0.2, 0.25) is 0 Å². The van der Waals surface area contributed by atoms with Crippen LogP contribution in [0.4, 0.5) is 0 Å². The van der Waals surface area contributed by atoms with Crippen LogP contribution in [0.5, 0.6) is 5.75 Å². The molecule has 2 aromatic rings. The molecule has 1 aliphatic heterocycles. The maximum absolute atomic E-state index is 12.5. The van der Waals surface area contributed by atoms with Gasteiger partial charge in [0.15, 0.2) is 6.61 Å². The van der Waals surface area contributed by atoms with Crippen LogP contribution < -0.4 is 10.1 Å². The fraction of sp³-hybridized carbons (Fsp3) is 0.455. The standard InChI is InChI=1S/C22H29N3O3/c1-22(2,3)23-20(26)15-24-10-12-25(13-11-24)21(27)16-28-19-9-8-17-6-4-5-7-18(17)14-19/h4-9,14H,10-13,15-16H2,1-3H3,(H,23,26). The molecule has 1 aliphatic rings. The molecule has 2 amide bonds. The quantitative estimate of drug-likeness (QED) is 0.861. The van der Waals surface area contributed by atoms with Gasteiger partial charge >= 0.3 is 0 Å². The van der Waals surface area contributed by atoms with Gasteiger partial charge in [0.25, 0.3) is 5.91 Å². The zero-order valence-electron chi connectivity index (χ0n) is 16.9. The highest BCUT2D eigenvalue weighted by Gasteiger charge is 2.23. The number of carbonyl (C=O) groups is 2. The topological polar surface area (TPSA) is 61.9 Å². The van der Waals surface area contributed by atoms with Crippen molar-refractivity contribution in [2.24, 2.45) is 0 Å². The first-order valence-electron chi connectivity index (χ1n) is 9.73. The summed E-state index contributed by atoms with van der Waals surface area (Å²) in [5, 5.41) is 5.21. The Morgan fingerprint density at radius 1 is 1.00 bits per heavy atom. The van der Waals surface area contributed by atoms with Gasteiger partial charge in [0.05, 0.1) is 6.54 Å². The molecule has 2 aromatic carbocycles. The van der Waals surface area contributed by atoms with Crippen LogP contribution in [0.25, 0.3) is 10.8 Å². The van der Waals surface area contributed by atoms with E-state index in [4.69, 9.17) is 4.74 Å². The van der Waals surface area contributed by atoms with Crippen LogP contribution in [0.1, 0.15) is 20.8 Å². The van der Waals surface area contributed by atoms with Crippen molar-refractivity contribution in [3.8, 4) is 5.75 Å². The third kappa shape index (κ3) is 5.70. The van der Waals surface area contributed by atoms with E-state index < -0.39 is 0 Å². The molecule has 3 rings (SSSR count). The van der Waals surface area contributed by atoms with Crippen molar-refractivity contribution in [3.63, 3.8) is 0 Å². The second-order valence-corrected chi connectivity index (χ2v) is 8.25. The Kier molecular flexibility index (Phi) is 6.19. The van der Waals surface area contributed by atoms with Gasteiger partial charge in [-0.2, -0.15) is 0 Å². The Bertz CT molecular complexity index is 836. The Hall–Kier alpha value is -2.60. The Morgan fingerprint density at radius 3 is 2.36 bits per heavy atom. The van der Waals surface area contributed by atoms with Gasteiger partial charge in [-0.15, -0.1) is 0 Å². The van der Waals surface area contributed by atoms with Gasteiger partial charge in [-0.3, -0.25) is 14.5 Å². The largest absolute Gasteiger partial charge is 0.484 e. The van der Waals surface area contributed by atoms with Crippen molar-refractivity contribution in [2.45, 2.75) is 26.3 Å². The Morgan fingerprint density at radius 2 is 1.68 bits per heavy atom. The van der Waals surface area contributed by atoms with Gasteiger partial charge in [0, 0.05) is 31.7 Å². The number of nitrogens with zero attached hydrogens (tertiary/aromatic N) is 2. The van der Waals surface area contributed by atoms with Crippen LogP contribution >= 0.6 is 0 Å². The lowest BCUT2D eigenvalue weighted by atomic mass is 10.1. The molecule has 1 N–H and O–H groups in total. The van der Waals surface area contributed by atoms with E-state index in [2.05, 4.69) is 10.2 Å². The van der Waals surface area contributed by atoms with E-state index >= 15 is 0 Å². The number of benzene rings is 2. The van der Waals surface area contributed by atoms with Crippen LogP contribution in [0, 0.1) is 0 Å². The van der Waals surface area contributed by atoms with Crippen LogP contribution in [-0.4, -0.2) is 66.5 Å². The summed E-state index contributed by atoms with van der Waals surface area (Å²) in [5.41, 5.74) is -0.227. The van der Waals surface area contributed by atoms with Crippen molar-refractivity contribution < 1.29 is 14.3 Å². The normalized spacial score (nSPS) is 15.5. The first-order chi connectivity index (χ1) is 13.3. The van der Waals surface area contributed by atoms with Gasteiger partial charge in [-0.25, -0.2) is 0 Å².